The molecule has 0 saturated carbocycles. The summed E-state index contributed by atoms with van der Waals surface area (Å²) in [6.45, 7) is 5.41. The highest BCUT2D eigenvalue weighted by atomic mass is 127. The van der Waals surface area contributed by atoms with E-state index in [1.54, 1.807) is 64.2 Å². The molecule has 3 rings (SSSR count). The van der Waals surface area contributed by atoms with Crippen LogP contribution in [0, 0.1) is 3.57 Å². The number of amides is 1. The summed E-state index contributed by atoms with van der Waals surface area (Å²) >= 11 is 2.15. The van der Waals surface area contributed by atoms with Gasteiger partial charge in [-0.1, -0.05) is 12.1 Å². The van der Waals surface area contributed by atoms with Crippen molar-refractivity contribution in [3.8, 4) is 5.75 Å². The standard InChI is InChI=1S/C25H26IN3O6/c1-25(2,3)35-24(33)28(4)15-20(21-27-13-14-29(21)23(31)32)16-7-11-19(12-8-16)34-22(30)17-5-9-18(26)10-6-17/h5-14,20H,15H2,1-4H3,(H,31,32). The van der Waals surface area contributed by atoms with Gasteiger partial charge in [-0.05, 0) is 85.3 Å². The van der Waals surface area contributed by atoms with Crippen molar-refractivity contribution in [3.05, 3.63) is 81.4 Å². The van der Waals surface area contributed by atoms with Gasteiger partial charge in [-0.2, -0.15) is 0 Å². The molecular weight excluding hydrogens is 565 g/mol. The number of aromatic nitrogens is 2. The fraction of sp³-hybridized carbons (Fsp3) is 0.280. The number of carbonyl (C=O) groups is 3. The van der Waals surface area contributed by atoms with Crippen LogP contribution in [0.15, 0.2) is 60.9 Å². The number of halogens is 1. The van der Waals surface area contributed by atoms with Gasteiger partial charge in [-0.15, -0.1) is 0 Å². The summed E-state index contributed by atoms with van der Waals surface area (Å²) in [6.07, 6.45) is 1.00. The number of hydrogen-bond donors (Lipinski definition) is 1. The number of rotatable bonds is 6. The Morgan fingerprint density at radius 3 is 2.29 bits per heavy atom. The van der Waals surface area contributed by atoms with Crippen molar-refractivity contribution < 1.29 is 29.0 Å². The summed E-state index contributed by atoms with van der Waals surface area (Å²) in [6, 6.07) is 13.7. The Labute approximate surface area is 216 Å². The lowest BCUT2D eigenvalue weighted by Gasteiger charge is -2.27. The van der Waals surface area contributed by atoms with Crippen molar-refractivity contribution in [2.45, 2.75) is 32.3 Å². The van der Waals surface area contributed by atoms with E-state index in [0.29, 0.717) is 16.9 Å². The van der Waals surface area contributed by atoms with Gasteiger partial charge in [0.05, 0.1) is 11.5 Å². The lowest BCUT2D eigenvalue weighted by atomic mass is 9.97. The monoisotopic (exact) mass is 591 g/mol. The summed E-state index contributed by atoms with van der Waals surface area (Å²) < 4.78 is 12.9. The first-order valence-electron chi connectivity index (χ1n) is 10.7. The molecule has 1 aromatic heterocycles. The molecule has 1 amide bonds. The normalized spacial score (nSPS) is 12.0. The average Bonchev–Trinajstić information content (AvgIpc) is 3.27. The fourth-order valence-electron chi connectivity index (χ4n) is 3.28. The number of ether oxygens (including phenoxy) is 2. The van der Waals surface area contributed by atoms with Gasteiger partial charge in [0, 0.05) is 29.6 Å². The van der Waals surface area contributed by atoms with Crippen LogP contribution < -0.4 is 4.74 Å². The average molecular weight is 591 g/mol. The van der Waals surface area contributed by atoms with Crippen LogP contribution in [-0.4, -0.2) is 56.9 Å². The van der Waals surface area contributed by atoms with E-state index >= 15 is 0 Å². The first-order valence-corrected chi connectivity index (χ1v) is 11.8. The van der Waals surface area contributed by atoms with E-state index in [2.05, 4.69) is 27.6 Å². The SMILES string of the molecule is CN(CC(c1ccc(OC(=O)c2ccc(I)cc2)cc1)c1nccn1C(=O)O)C(=O)OC(C)(C)C. The largest absolute Gasteiger partial charge is 0.464 e. The third kappa shape index (κ3) is 7.04. The van der Waals surface area contributed by atoms with Gasteiger partial charge < -0.3 is 19.5 Å². The molecule has 2 aromatic carbocycles. The first kappa shape index (κ1) is 26.2. The quantitative estimate of drug-likeness (QED) is 0.237. The number of carbonyl (C=O) groups excluding carboxylic acids is 2. The van der Waals surface area contributed by atoms with Crippen molar-refractivity contribution in [2.24, 2.45) is 0 Å². The van der Waals surface area contributed by atoms with Gasteiger partial charge in [0.2, 0.25) is 0 Å². The van der Waals surface area contributed by atoms with Crippen molar-refractivity contribution in [1.82, 2.24) is 14.5 Å². The Balaban J connectivity index is 1.85. The summed E-state index contributed by atoms with van der Waals surface area (Å²) in [5, 5.41) is 9.57. The second-order valence-corrected chi connectivity index (χ2v) is 10.1. The summed E-state index contributed by atoms with van der Waals surface area (Å²) in [5.74, 6) is -0.494. The van der Waals surface area contributed by atoms with Gasteiger partial charge >= 0.3 is 18.2 Å². The number of imidazole rings is 1. The van der Waals surface area contributed by atoms with Gasteiger partial charge in [0.15, 0.2) is 0 Å². The maximum atomic E-state index is 12.5. The number of esters is 1. The second kappa shape index (κ2) is 10.9. The van der Waals surface area contributed by atoms with E-state index in [0.717, 1.165) is 8.14 Å². The highest BCUT2D eigenvalue weighted by Gasteiger charge is 2.27. The Kier molecular flexibility index (Phi) is 8.15. The molecule has 184 valence electrons. The number of nitrogens with zero attached hydrogens (tertiary/aromatic N) is 3. The zero-order valence-electron chi connectivity index (χ0n) is 19.8. The molecule has 3 aromatic rings. The van der Waals surface area contributed by atoms with E-state index in [1.807, 2.05) is 12.1 Å². The van der Waals surface area contributed by atoms with E-state index in [-0.39, 0.29) is 12.4 Å². The van der Waals surface area contributed by atoms with Crippen molar-refractivity contribution in [3.63, 3.8) is 0 Å². The molecule has 0 aliphatic carbocycles. The van der Waals surface area contributed by atoms with Crippen LogP contribution in [0.25, 0.3) is 0 Å². The van der Waals surface area contributed by atoms with Crippen LogP contribution in [0.2, 0.25) is 0 Å². The molecule has 0 bridgehead atoms. The van der Waals surface area contributed by atoms with Crippen LogP contribution in [0.3, 0.4) is 0 Å². The number of likely N-dealkylation sites (N-methyl/N-ethyl adjacent to an activating group) is 1. The molecule has 10 heteroatoms. The predicted octanol–water partition coefficient (Wildman–Crippen LogP) is 5.23. The summed E-state index contributed by atoms with van der Waals surface area (Å²) in [7, 11) is 1.58. The van der Waals surface area contributed by atoms with Gasteiger partial charge in [0.1, 0.15) is 17.2 Å². The molecule has 9 nitrogen and oxygen atoms in total. The lowest BCUT2D eigenvalue weighted by Crippen LogP contribution is -2.37. The zero-order valence-corrected chi connectivity index (χ0v) is 21.9. The van der Waals surface area contributed by atoms with Crippen molar-refractivity contribution in [1.29, 1.82) is 0 Å². The van der Waals surface area contributed by atoms with Crippen molar-refractivity contribution in [2.75, 3.05) is 13.6 Å². The Morgan fingerprint density at radius 2 is 1.71 bits per heavy atom. The van der Waals surface area contributed by atoms with E-state index < -0.39 is 29.7 Å². The van der Waals surface area contributed by atoms with Crippen LogP contribution >= 0.6 is 22.6 Å². The smallest absolute Gasteiger partial charge is 0.417 e. The maximum Gasteiger partial charge on any atom is 0.417 e. The minimum absolute atomic E-state index is 0.112. The highest BCUT2D eigenvalue weighted by molar-refractivity contribution is 14.1. The van der Waals surface area contributed by atoms with E-state index in [1.165, 1.54) is 17.3 Å². The minimum atomic E-state index is -1.19. The highest BCUT2D eigenvalue weighted by Crippen LogP contribution is 2.27. The van der Waals surface area contributed by atoms with Crippen LogP contribution in [-0.2, 0) is 4.74 Å². The predicted molar refractivity (Wildman–Crippen MR) is 137 cm³/mol. The van der Waals surface area contributed by atoms with Crippen LogP contribution in [0.5, 0.6) is 5.75 Å². The third-order valence-electron chi connectivity index (χ3n) is 4.92. The van der Waals surface area contributed by atoms with Crippen LogP contribution in [0.1, 0.15) is 48.4 Å². The summed E-state index contributed by atoms with van der Waals surface area (Å²) in [5.41, 5.74) is 0.432. The molecule has 0 fully saturated rings. The number of carboxylic acid groups (broad SMARTS) is 1. The van der Waals surface area contributed by atoms with Crippen LogP contribution in [0.4, 0.5) is 9.59 Å². The molecule has 0 spiro atoms. The van der Waals surface area contributed by atoms with Gasteiger partial charge in [-0.3, -0.25) is 0 Å². The third-order valence-corrected chi connectivity index (χ3v) is 5.64. The van der Waals surface area contributed by atoms with E-state index in [9.17, 15) is 19.5 Å². The first-order chi connectivity index (χ1) is 16.4. The lowest BCUT2D eigenvalue weighted by molar-refractivity contribution is 0.0292. The molecule has 1 unspecified atom stereocenters. The van der Waals surface area contributed by atoms with Gasteiger partial charge in [0.25, 0.3) is 0 Å². The number of benzene rings is 2. The van der Waals surface area contributed by atoms with Gasteiger partial charge in [-0.25, -0.2) is 23.9 Å². The molecule has 1 heterocycles. The maximum absolute atomic E-state index is 12.5. The Bertz CT molecular complexity index is 1200. The van der Waals surface area contributed by atoms with Crippen molar-refractivity contribution >= 4 is 40.7 Å². The zero-order chi connectivity index (χ0) is 25.8. The molecule has 1 atom stereocenters. The molecule has 0 aliphatic rings. The molecule has 35 heavy (non-hydrogen) atoms. The van der Waals surface area contributed by atoms with E-state index in [4.69, 9.17) is 9.47 Å². The Morgan fingerprint density at radius 1 is 1.09 bits per heavy atom. The molecule has 0 radical (unpaired) electrons. The molecule has 0 saturated heterocycles. The topological polar surface area (TPSA) is 111 Å². The minimum Gasteiger partial charge on any atom is -0.464 e. The second-order valence-electron chi connectivity index (χ2n) is 8.82. The molecule has 1 N–H and O–H groups in total. The number of hydrogen-bond acceptors (Lipinski definition) is 6. The molecular formula is C25H26IN3O6. The molecule has 0 aliphatic heterocycles. The Hall–Kier alpha value is -3.41. The summed E-state index contributed by atoms with van der Waals surface area (Å²) in [4.78, 5) is 42.3. The fourth-order valence-corrected chi connectivity index (χ4v) is 3.64.